The first kappa shape index (κ1) is 15.5. The van der Waals surface area contributed by atoms with Crippen molar-refractivity contribution in [3.05, 3.63) is 18.2 Å². The number of aromatic nitrogens is 2. The number of aliphatic hydroxyl groups is 1. The van der Waals surface area contributed by atoms with E-state index in [0.29, 0.717) is 19.5 Å². The highest BCUT2D eigenvalue weighted by Gasteiger charge is 2.01. The number of hydrogen-bond acceptors (Lipinski definition) is 3. The van der Waals surface area contributed by atoms with Gasteiger partial charge in [-0.1, -0.05) is 0 Å². The van der Waals surface area contributed by atoms with Gasteiger partial charge < -0.3 is 20.3 Å². The van der Waals surface area contributed by atoms with Crippen LogP contribution in [0.2, 0.25) is 0 Å². The molecule has 1 rings (SSSR count). The summed E-state index contributed by atoms with van der Waals surface area (Å²) in [5.41, 5.74) is 0. The van der Waals surface area contributed by atoms with Crippen LogP contribution in [0.3, 0.4) is 0 Å². The highest BCUT2D eigenvalue weighted by Crippen LogP contribution is 1.99. The third-order valence-electron chi connectivity index (χ3n) is 2.88. The van der Waals surface area contributed by atoms with Gasteiger partial charge in [0.15, 0.2) is 0 Å². The van der Waals surface area contributed by atoms with Crippen molar-refractivity contribution in [3.8, 4) is 0 Å². The van der Waals surface area contributed by atoms with E-state index in [-0.39, 0.29) is 12.1 Å². The highest BCUT2D eigenvalue weighted by molar-refractivity contribution is 5.73. The maximum Gasteiger partial charge on any atom is 0.314 e. The molecule has 0 aliphatic heterocycles. The number of urea groups is 1. The Morgan fingerprint density at radius 2 is 2.16 bits per heavy atom. The van der Waals surface area contributed by atoms with Gasteiger partial charge >= 0.3 is 6.03 Å². The van der Waals surface area contributed by atoms with Crippen molar-refractivity contribution in [2.24, 2.45) is 0 Å². The van der Waals surface area contributed by atoms with Crippen molar-refractivity contribution in [2.75, 3.05) is 13.1 Å². The summed E-state index contributed by atoms with van der Waals surface area (Å²) in [6.45, 7) is 5.77. The van der Waals surface area contributed by atoms with Gasteiger partial charge in [0.1, 0.15) is 5.82 Å². The largest absolute Gasteiger partial charge is 0.393 e. The second kappa shape index (κ2) is 8.53. The van der Waals surface area contributed by atoms with Gasteiger partial charge in [-0.05, 0) is 33.1 Å². The minimum absolute atomic E-state index is 0.167. The topological polar surface area (TPSA) is 79.2 Å². The molecule has 0 saturated carbocycles. The average Bonchev–Trinajstić information content (AvgIpc) is 2.74. The lowest BCUT2D eigenvalue weighted by Gasteiger charge is -2.09. The smallest absolute Gasteiger partial charge is 0.314 e. The fourth-order valence-corrected chi connectivity index (χ4v) is 1.71. The summed E-state index contributed by atoms with van der Waals surface area (Å²) in [5, 5.41) is 14.5. The van der Waals surface area contributed by atoms with Crippen LogP contribution in [0.4, 0.5) is 4.79 Å². The van der Waals surface area contributed by atoms with Crippen molar-refractivity contribution >= 4 is 6.03 Å². The molecule has 0 spiro atoms. The molecule has 1 heterocycles. The Hall–Kier alpha value is -1.56. The lowest BCUT2D eigenvalue weighted by atomic mass is 10.3. The maximum atomic E-state index is 11.4. The number of unbranched alkanes of at least 4 members (excludes halogenated alkanes) is 1. The summed E-state index contributed by atoms with van der Waals surface area (Å²) in [5.74, 6) is 1.02. The van der Waals surface area contributed by atoms with Gasteiger partial charge in [-0.3, -0.25) is 0 Å². The number of nitrogens with one attached hydrogen (secondary N) is 2. The number of hydrogen-bond donors (Lipinski definition) is 3. The van der Waals surface area contributed by atoms with Crippen LogP contribution in [0.1, 0.15) is 32.0 Å². The number of carbonyl (C=O) groups excluding carboxylic acids is 1. The van der Waals surface area contributed by atoms with E-state index in [0.717, 1.165) is 25.2 Å². The summed E-state index contributed by atoms with van der Waals surface area (Å²) in [6.07, 6.45) is 5.90. The number of rotatable bonds is 8. The molecule has 0 saturated heterocycles. The molecule has 0 fully saturated rings. The first-order chi connectivity index (χ1) is 9.09. The molecular formula is C13H24N4O2. The second-order valence-electron chi connectivity index (χ2n) is 4.70. The Bertz CT molecular complexity index is 376. The summed E-state index contributed by atoms with van der Waals surface area (Å²) in [4.78, 5) is 15.5. The van der Waals surface area contributed by atoms with Crippen LogP contribution in [0.15, 0.2) is 12.4 Å². The first-order valence-electron chi connectivity index (χ1n) is 6.77. The molecule has 1 aromatic heterocycles. The SMILES string of the molecule is Cc1nccn1CCCCNC(=O)NCCC(C)O. The van der Waals surface area contributed by atoms with E-state index in [1.807, 2.05) is 13.1 Å². The number of carbonyl (C=O) groups is 1. The Balaban J connectivity index is 1.98. The molecule has 108 valence electrons. The van der Waals surface area contributed by atoms with Gasteiger partial charge in [0, 0.05) is 32.0 Å². The van der Waals surface area contributed by atoms with Crippen molar-refractivity contribution in [2.45, 2.75) is 45.8 Å². The van der Waals surface area contributed by atoms with Gasteiger partial charge in [-0.25, -0.2) is 9.78 Å². The zero-order valence-corrected chi connectivity index (χ0v) is 11.7. The van der Waals surface area contributed by atoms with Gasteiger partial charge in [0.05, 0.1) is 6.10 Å². The van der Waals surface area contributed by atoms with E-state index < -0.39 is 0 Å². The van der Waals surface area contributed by atoms with Crippen molar-refractivity contribution in [3.63, 3.8) is 0 Å². The summed E-state index contributed by atoms with van der Waals surface area (Å²) >= 11 is 0. The van der Waals surface area contributed by atoms with Crippen LogP contribution >= 0.6 is 0 Å². The van der Waals surface area contributed by atoms with E-state index >= 15 is 0 Å². The monoisotopic (exact) mass is 268 g/mol. The molecule has 1 aromatic rings. The zero-order chi connectivity index (χ0) is 14.1. The average molecular weight is 268 g/mol. The van der Waals surface area contributed by atoms with Crippen LogP contribution < -0.4 is 10.6 Å². The molecule has 6 nitrogen and oxygen atoms in total. The number of imidazole rings is 1. The Morgan fingerprint density at radius 1 is 1.42 bits per heavy atom. The van der Waals surface area contributed by atoms with Crippen LogP contribution in [0, 0.1) is 6.92 Å². The number of aryl methyl sites for hydroxylation is 2. The van der Waals surface area contributed by atoms with Crippen molar-refractivity contribution in [1.29, 1.82) is 0 Å². The maximum absolute atomic E-state index is 11.4. The Morgan fingerprint density at radius 3 is 2.79 bits per heavy atom. The molecule has 2 amide bonds. The third kappa shape index (κ3) is 6.81. The summed E-state index contributed by atoms with van der Waals surface area (Å²) < 4.78 is 2.10. The second-order valence-corrected chi connectivity index (χ2v) is 4.70. The Kier molecular flexibility index (Phi) is 6.95. The van der Waals surface area contributed by atoms with Gasteiger partial charge in [-0.15, -0.1) is 0 Å². The molecule has 6 heteroatoms. The van der Waals surface area contributed by atoms with E-state index in [4.69, 9.17) is 5.11 Å². The molecule has 0 bridgehead atoms. The quantitative estimate of drug-likeness (QED) is 0.616. The van der Waals surface area contributed by atoms with Crippen LogP contribution in [0.5, 0.6) is 0 Å². The lowest BCUT2D eigenvalue weighted by molar-refractivity contribution is 0.183. The summed E-state index contributed by atoms with van der Waals surface area (Å²) in [6, 6.07) is -0.167. The molecule has 1 unspecified atom stereocenters. The van der Waals surface area contributed by atoms with Gasteiger partial charge in [0.2, 0.25) is 0 Å². The standard InChI is InChI=1S/C13H24N4O2/c1-11(18)5-7-16-13(19)15-6-3-4-9-17-10-8-14-12(17)2/h8,10-11,18H,3-7,9H2,1-2H3,(H2,15,16,19). The van der Waals surface area contributed by atoms with Crippen molar-refractivity contribution in [1.82, 2.24) is 20.2 Å². The third-order valence-corrected chi connectivity index (χ3v) is 2.88. The van der Waals surface area contributed by atoms with Crippen molar-refractivity contribution < 1.29 is 9.90 Å². The fourth-order valence-electron chi connectivity index (χ4n) is 1.71. The van der Waals surface area contributed by atoms with E-state index in [9.17, 15) is 4.79 Å². The summed E-state index contributed by atoms with van der Waals surface area (Å²) in [7, 11) is 0. The minimum atomic E-state index is -0.376. The number of amides is 2. The molecule has 3 N–H and O–H groups in total. The van der Waals surface area contributed by atoms with Gasteiger partial charge in [0.25, 0.3) is 0 Å². The molecule has 1 atom stereocenters. The molecule has 19 heavy (non-hydrogen) atoms. The predicted molar refractivity (Wildman–Crippen MR) is 73.9 cm³/mol. The first-order valence-corrected chi connectivity index (χ1v) is 6.77. The molecular weight excluding hydrogens is 244 g/mol. The highest BCUT2D eigenvalue weighted by atomic mass is 16.3. The van der Waals surface area contributed by atoms with Crippen LogP contribution in [0.25, 0.3) is 0 Å². The van der Waals surface area contributed by atoms with E-state index in [1.54, 1.807) is 13.1 Å². The Labute approximate surface area is 114 Å². The predicted octanol–water partition coefficient (Wildman–Crippen LogP) is 1.04. The van der Waals surface area contributed by atoms with E-state index in [2.05, 4.69) is 20.2 Å². The van der Waals surface area contributed by atoms with E-state index in [1.165, 1.54) is 0 Å². The molecule has 0 radical (unpaired) electrons. The molecule has 0 aromatic carbocycles. The number of aliphatic hydroxyl groups excluding tert-OH is 1. The number of nitrogens with zero attached hydrogens (tertiary/aromatic N) is 2. The lowest BCUT2D eigenvalue weighted by Crippen LogP contribution is -2.37. The van der Waals surface area contributed by atoms with Gasteiger partial charge in [-0.2, -0.15) is 0 Å². The van der Waals surface area contributed by atoms with Crippen LogP contribution in [-0.2, 0) is 6.54 Å². The molecule has 0 aliphatic rings. The molecule has 0 aliphatic carbocycles. The van der Waals surface area contributed by atoms with Crippen LogP contribution in [-0.4, -0.2) is 39.9 Å². The normalized spacial score (nSPS) is 12.2. The zero-order valence-electron chi connectivity index (χ0n) is 11.7. The fraction of sp³-hybridized carbons (Fsp3) is 0.692. The minimum Gasteiger partial charge on any atom is -0.393 e.